The first-order valence-electron chi connectivity index (χ1n) is 5.66. The van der Waals surface area contributed by atoms with Gasteiger partial charge in [-0.1, -0.05) is 0 Å². The van der Waals surface area contributed by atoms with Crippen molar-refractivity contribution in [2.45, 2.75) is 32.9 Å². The lowest BCUT2D eigenvalue weighted by Gasteiger charge is -2.11. The minimum absolute atomic E-state index is 0.0416. The number of rotatable bonds is 3. The van der Waals surface area contributed by atoms with E-state index < -0.39 is 0 Å². The molecule has 0 aromatic carbocycles. The third-order valence-corrected chi connectivity index (χ3v) is 2.82. The molecule has 1 aromatic heterocycles. The van der Waals surface area contributed by atoms with Crippen LogP contribution in [0.15, 0.2) is 6.07 Å². The molecule has 0 saturated carbocycles. The van der Waals surface area contributed by atoms with Gasteiger partial charge in [-0.05, 0) is 32.9 Å². The second kappa shape index (κ2) is 4.65. The van der Waals surface area contributed by atoms with Gasteiger partial charge in [0.1, 0.15) is 6.54 Å². The Balaban J connectivity index is 1.89. The van der Waals surface area contributed by atoms with E-state index in [0.29, 0.717) is 6.54 Å². The fourth-order valence-electron chi connectivity index (χ4n) is 2.02. The Morgan fingerprint density at radius 3 is 3.06 bits per heavy atom. The van der Waals surface area contributed by atoms with Crippen molar-refractivity contribution in [3.8, 4) is 0 Å². The first kappa shape index (κ1) is 11.1. The van der Waals surface area contributed by atoms with Gasteiger partial charge in [-0.25, -0.2) is 0 Å². The summed E-state index contributed by atoms with van der Waals surface area (Å²) >= 11 is 0. The summed E-state index contributed by atoms with van der Waals surface area (Å²) in [5.74, 6) is 0.0416. The zero-order valence-corrected chi connectivity index (χ0v) is 9.79. The average molecular weight is 222 g/mol. The number of hydrogen-bond donors (Lipinski definition) is 2. The SMILES string of the molecule is Cc1cc(C)n(CC(=O)N[C@H]2CCNC2)n1. The van der Waals surface area contributed by atoms with Crippen LogP contribution in [0.1, 0.15) is 17.8 Å². The maximum Gasteiger partial charge on any atom is 0.242 e. The van der Waals surface area contributed by atoms with Gasteiger partial charge in [-0.15, -0.1) is 0 Å². The quantitative estimate of drug-likeness (QED) is 0.755. The van der Waals surface area contributed by atoms with Crippen LogP contribution in [-0.4, -0.2) is 34.8 Å². The molecule has 1 fully saturated rings. The number of aromatic nitrogens is 2. The largest absolute Gasteiger partial charge is 0.350 e. The minimum atomic E-state index is 0.0416. The predicted molar refractivity (Wildman–Crippen MR) is 61.1 cm³/mol. The van der Waals surface area contributed by atoms with Gasteiger partial charge in [-0.3, -0.25) is 9.48 Å². The smallest absolute Gasteiger partial charge is 0.242 e. The maximum atomic E-state index is 11.7. The Kier molecular flexibility index (Phi) is 3.24. The standard InChI is InChI=1S/C11H18N4O/c1-8-5-9(2)15(14-8)7-11(16)13-10-3-4-12-6-10/h5,10,12H,3-4,6-7H2,1-2H3,(H,13,16)/t10-/m0/s1. The number of amides is 1. The highest BCUT2D eigenvalue weighted by Crippen LogP contribution is 2.02. The van der Waals surface area contributed by atoms with Crippen LogP contribution in [0.4, 0.5) is 0 Å². The van der Waals surface area contributed by atoms with Gasteiger partial charge in [0.2, 0.25) is 5.91 Å². The van der Waals surface area contributed by atoms with Crippen molar-refractivity contribution in [3.05, 3.63) is 17.5 Å². The Morgan fingerprint density at radius 2 is 2.50 bits per heavy atom. The zero-order chi connectivity index (χ0) is 11.5. The first-order chi connectivity index (χ1) is 7.65. The van der Waals surface area contributed by atoms with E-state index in [0.717, 1.165) is 30.9 Å². The molecule has 88 valence electrons. The number of nitrogens with one attached hydrogen (secondary N) is 2. The molecule has 0 radical (unpaired) electrons. The molecular weight excluding hydrogens is 204 g/mol. The van der Waals surface area contributed by atoms with E-state index in [1.165, 1.54) is 0 Å². The predicted octanol–water partition coefficient (Wildman–Crippen LogP) is -0.0220. The molecule has 0 spiro atoms. The molecule has 1 aliphatic rings. The fourth-order valence-corrected chi connectivity index (χ4v) is 2.02. The van der Waals surface area contributed by atoms with Gasteiger partial charge in [0.25, 0.3) is 0 Å². The van der Waals surface area contributed by atoms with E-state index in [2.05, 4.69) is 15.7 Å². The van der Waals surface area contributed by atoms with Crippen LogP contribution in [0.2, 0.25) is 0 Å². The number of aryl methyl sites for hydroxylation is 2. The van der Waals surface area contributed by atoms with E-state index in [9.17, 15) is 4.79 Å². The van der Waals surface area contributed by atoms with Crippen molar-refractivity contribution in [1.29, 1.82) is 0 Å². The van der Waals surface area contributed by atoms with Gasteiger partial charge < -0.3 is 10.6 Å². The molecule has 2 N–H and O–H groups in total. The number of nitrogens with zero attached hydrogens (tertiary/aromatic N) is 2. The molecule has 2 rings (SSSR count). The molecule has 2 heterocycles. The maximum absolute atomic E-state index is 11.7. The van der Waals surface area contributed by atoms with Crippen molar-refractivity contribution in [1.82, 2.24) is 20.4 Å². The highest BCUT2D eigenvalue weighted by atomic mass is 16.2. The normalized spacial score (nSPS) is 20.0. The van der Waals surface area contributed by atoms with Crippen LogP contribution in [0.5, 0.6) is 0 Å². The van der Waals surface area contributed by atoms with Gasteiger partial charge >= 0.3 is 0 Å². The molecule has 1 aromatic rings. The molecule has 0 aliphatic carbocycles. The van der Waals surface area contributed by atoms with Crippen LogP contribution in [0, 0.1) is 13.8 Å². The molecular formula is C11H18N4O. The summed E-state index contributed by atoms with van der Waals surface area (Å²) in [6.07, 6.45) is 1.02. The average Bonchev–Trinajstić information content (AvgIpc) is 2.78. The van der Waals surface area contributed by atoms with E-state index in [-0.39, 0.29) is 11.9 Å². The molecule has 0 bridgehead atoms. The van der Waals surface area contributed by atoms with Crippen molar-refractivity contribution < 1.29 is 4.79 Å². The van der Waals surface area contributed by atoms with Crippen LogP contribution in [0.25, 0.3) is 0 Å². The first-order valence-corrected chi connectivity index (χ1v) is 5.66. The van der Waals surface area contributed by atoms with Crippen molar-refractivity contribution in [2.75, 3.05) is 13.1 Å². The molecule has 0 unspecified atom stereocenters. The van der Waals surface area contributed by atoms with Gasteiger partial charge in [0, 0.05) is 18.3 Å². The highest BCUT2D eigenvalue weighted by Gasteiger charge is 2.17. The Hall–Kier alpha value is -1.36. The second-order valence-electron chi connectivity index (χ2n) is 4.34. The number of carbonyl (C=O) groups excluding carboxylic acids is 1. The molecule has 1 amide bonds. The van der Waals surface area contributed by atoms with E-state index in [4.69, 9.17) is 0 Å². The topological polar surface area (TPSA) is 59.0 Å². The van der Waals surface area contributed by atoms with Crippen molar-refractivity contribution in [3.63, 3.8) is 0 Å². The summed E-state index contributed by atoms with van der Waals surface area (Å²) in [6, 6.07) is 2.26. The lowest BCUT2D eigenvalue weighted by Crippen LogP contribution is -2.38. The third-order valence-electron chi connectivity index (χ3n) is 2.82. The van der Waals surface area contributed by atoms with Crippen LogP contribution < -0.4 is 10.6 Å². The van der Waals surface area contributed by atoms with Crippen LogP contribution in [-0.2, 0) is 11.3 Å². The summed E-state index contributed by atoms with van der Waals surface area (Å²) < 4.78 is 1.74. The number of hydrogen-bond acceptors (Lipinski definition) is 3. The van der Waals surface area contributed by atoms with E-state index in [1.54, 1.807) is 4.68 Å². The molecule has 5 nitrogen and oxygen atoms in total. The van der Waals surface area contributed by atoms with Crippen LogP contribution in [0.3, 0.4) is 0 Å². The molecule has 1 saturated heterocycles. The minimum Gasteiger partial charge on any atom is -0.350 e. The summed E-state index contributed by atoms with van der Waals surface area (Å²) in [6.45, 7) is 6.08. The number of carbonyl (C=O) groups is 1. The Labute approximate surface area is 95.2 Å². The highest BCUT2D eigenvalue weighted by molar-refractivity contribution is 5.76. The van der Waals surface area contributed by atoms with Crippen molar-refractivity contribution in [2.24, 2.45) is 0 Å². The lowest BCUT2D eigenvalue weighted by atomic mass is 10.2. The Morgan fingerprint density at radius 1 is 1.69 bits per heavy atom. The summed E-state index contributed by atoms with van der Waals surface area (Å²) in [5, 5.41) is 10.5. The van der Waals surface area contributed by atoms with Crippen molar-refractivity contribution >= 4 is 5.91 Å². The van der Waals surface area contributed by atoms with Crippen LogP contribution >= 0.6 is 0 Å². The molecule has 1 aliphatic heterocycles. The van der Waals surface area contributed by atoms with E-state index >= 15 is 0 Å². The summed E-state index contributed by atoms with van der Waals surface area (Å²) in [7, 11) is 0. The summed E-state index contributed by atoms with van der Waals surface area (Å²) in [4.78, 5) is 11.7. The second-order valence-corrected chi connectivity index (χ2v) is 4.34. The van der Waals surface area contributed by atoms with Gasteiger partial charge in [0.15, 0.2) is 0 Å². The van der Waals surface area contributed by atoms with E-state index in [1.807, 2.05) is 19.9 Å². The lowest BCUT2D eigenvalue weighted by molar-refractivity contribution is -0.122. The third kappa shape index (κ3) is 2.61. The molecule has 1 atom stereocenters. The monoisotopic (exact) mass is 222 g/mol. The fraction of sp³-hybridized carbons (Fsp3) is 0.636. The summed E-state index contributed by atoms with van der Waals surface area (Å²) in [5.41, 5.74) is 1.98. The zero-order valence-electron chi connectivity index (χ0n) is 9.79. The molecule has 5 heteroatoms. The van der Waals surface area contributed by atoms with Gasteiger partial charge in [0.05, 0.1) is 5.69 Å². The molecule has 16 heavy (non-hydrogen) atoms. The van der Waals surface area contributed by atoms with Gasteiger partial charge in [-0.2, -0.15) is 5.10 Å². The Bertz CT molecular complexity index is 379.